The van der Waals surface area contributed by atoms with Crippen LogP contribution in [0.1, 0.15) is 29.0 Å². The van der Waals surface area contributed by atoms with E-state index >= 15 is 0 Å². The monoisotopic (exact) mass is 343 g/mol. The summed E-state index contributed by atoms with van der Waals surface area (Å²) in [5, 5.41) is 9.38. The highest BCUT2D eigenvalue weighted by Gasteiger charge is 2.18. The van der Waals surface area contributed by atoms with Crippen LogP contribution in [0.3, 0.4) is 0 Å². The predicted molar refractivity (Wildman–Crippen MR) is 95.2 cm³/mol. The van der Waals surface area contributed by atoms with Gasteiger partial charge in [-0.2, -0.15) is 5.26 Å². The maximum atomic E-state index is 12.7. The fraction of sp³-hybridized carbons (Fsp3) is 0.389. The molecule has 0 radical (unpaired) electrons. The second-order valence-electron chi connectivity index (χ2n) is 5.71. The molecule has 0 aliphatic rings. The summed E-state index contributed by atoms with van der Waals surface area (Å²) in [5.41, 5.74) is 3.84. The summed E-state index contributed by atoms with van der Waals surface area (Å²) in [5.74, 6) is 0.923. The molecule has 0 fully saturated rings. The number of hydrogen-bond donors (Lipinski definition) is 0. The van der Waals surface area contributed by atoms with Gasteiger partial charge in [0.15, 0.2) is 0 Å². The number of anilines is 1. The molecule has 0 unspecified atom stereocenters. The summed E-state index contributed by atoms with van der Waals surface area (Å²) in [6.45, 7) is 8.10. The lowest BCUT2D eigenvalue weighted by Crippen LogP contribution is -2.33. The predicted octanol–water partition coefficient (Wildman–Crippen LogP) is 3.95. The first-order valence-electron chi connectivity index (χ1n) is 7.73. The maximum Gasteiger partial charge on any atom is 0.256 e. The smallest absolute Gasteiger partial charge is 0.256 e. The minimum Gasteiger partial charge on any atom is -0.437 e. The average Bonchev–Trinajstić information content (AvgIpc) is 2.83. The molecule has 0 saturated heterocycles. The zero-order valence-corrected chi connectivity index (χ0v) is 15.2. The van der Waals surface area contributed by atoms with Gasteiger partial charge in [-0.15, -0.1) is 0 Å². The molecule has 5 nitrogen and oxygen atoms in total. The summed E-state index contributed by atoms with van der Waals surface area (Å²) in [4.78, 5) is 18.6. The quantitative estimate of drug-likeness (QED) is 0.743. The molecular formula is C18H21N3O2S. The molecule has 24 heavy (non-hydrogen) atoms. The summed E-state index contributed by atoms with van der Waals surface area (Å²) in [6.07, 6.45) is 0.292. The molecule has 0 aliphatic carbocycles. The van der Waals surface area contributed by atoms with Crippen LogP contribution in [0.15, 0.2) is 27.8 Å². The number of carbonyl (C=O) groups is 1. The van der Waals surface area contributed by atoms with E-state index in [4.69, 9.17) is 9.68 Å². The van der Waals surface area contributed by atoms with Crippen molar-refractivity contribution in [2.75, 3.05) is 17.2 Å². The van der Waals surface area contributed by atoms with Gasteiger partial charge >= 0.3 is 0 Å². The molecule has 0 aliphatic heterocycles. The van der Waals surface area contributed by atoms with Crippen LogP contribution in [-0.2, 0) is 4.79 Å². The van der Waals surface area contributed by atoms with Crippen LogP contribution in [-0.4, -0.2) is 23.2 Å². The zero-order valence-electron chi connectivity index (χ0n) is 14.4. The summed E-state index contributed by atoms with van der Waals surface area (Å²) < 4.78 is 5.50. The number of oxazole rings is 1. The van der Waals surface area contributed by atoms with Gasteiger partial charge in [0.25, 0.3) is 5.22 Å². The standard InChI is InChI=1S/C18H21N3O2S/c1-12-8-13(2)10-16(9-12)21(7-5-6-19)17(22)11-24-18-20-14(3)15(4)23-18/h8-10H,5,7,11H2,1-4H3. The zero-order chi connectivity index (χ0) is 17.7. The fourth-order valence-corrected chi connectivity index (χ4v) is 3.16. The van der Waals surface area contributed by atoms with Gasteiger partial charge in [-0.25, -0.2) is 4.98 Å². The van der Waals surface area contributed by atoms with Crippen molar-refractivity contribution in [3.05, 3.63) is 40.8 Å². The molecule has 1 aromatic heterocycles. The molecule has 1 heterocycles. The molecule has 0 bridgehead atoms. The Bertz CT molecular complexity index is 737. The van der Waals surface area contributed by atoms with Gasteiger partial charge in [-0.1, -0.05) is 17.8 Å². The number of nitrogens with zero attached hydrogens (tertiary/aromatic N) is 3. The van der Waals surface area contributed by atoms with Gasteiger partial charge in [0.05, 0.1) is 23.9 Å². The number of benzene rings is 1. The van der Waals surface area contributed by atoms with Crippen molar-refractivity contribution in [1.29, 1.82) is 5.26 Å². The third-order valence-electron chi connectivity index (χ3n) is 3.59. The highest BCUT2D eigenvalue weighted by atomic mass is 32.2. The van der Waals surface area contributed by atoms with Gasteiger partial charge in [-0.05, 0) is 51.0 Å². The van der Waals surface area contributed by atoms with Crippen LogP contribution in [0.5, 0.6) is 0 Å². The highest BCUT2D eigenvalue weighted by Crippen LogP contribution is 2.23. The normalized spacial score (nSPS) is 10.5. The van der Waals surface area contributed by atoms with Gasteiger partial charge in [-0.3, -0.25) is 4.79 Å². The Hall–Kier alpha value is -2.26. The van der Waals surface area contributed by atoms with Crippen molar-refractivity contribution in [1.82, 2.24) is 4.98 Å². The Labute approximate surface area is 146 Å². The van der Waals surface area contributed by atoms with Crippen molar-refractivity contribution < 1.29 is 9.21 Å². The van der Waals surface area contributed by atoms with Crippen LogP contribution >= 0.6 is 11.8 Å². The van der Waals surface area contributed by atoms with Crippen molar-refractivity contribution in [2.24, 2.45) is 0 Å². The Balaban J connectivity index is 2.14. The van der Waals surface area contributed by atoms with E-state index < -0.39 is 0 Å². The third kappa shape index (κ3) is 4.62. The Morgan fingerprint density at radius 3 is 2.46 bits per heavy atom. The molecule has 6 heteroatoms. The largest absolute Gasteiger partial charge is 0.437 e. The lowest BCUT2D eigenvalue weighted by Gasteiger charge is -2.22. The maximum absolute atomic E-state index is 12.7. The van der Waals surface area contributed by atoms with E-state index in [1.54, 1.807) is 4.90 Å². The molecule has 1 aromatic carbocycles. The van der Waals surface area contributed by atoms with E-state index in [-0.39, 0.29) is 11.7 Å². The van der Waals surface area contributed by atoms with Crippen LogP contribution < -0.4 is 4.90 Å². The number of nitriles is 1. The van der Waals surface area contributed by atoms with Crippen molar-refractivity contribution in [3.8, 4) is 6.07 Å². The molecule has 0 saturated carbocycles. The average molecular weight is 343 g/mol. The number of rotatable bonds is 6. The van der Waals surface area contributed by atoms with Crippen molar-refractivity contribution >= 4 is 23.4 Å². The number of carbonyl (C=O) groups excluding carboxylic acids is 1. The first-order valence-corrected chi connectivity index (χ1v) is 8.71. The SMILES string of the molecule is Cc1cc(C)cc(N(CCC#N)C(=O)CSc2nc(C)c(C)o2)c1. The summed E-state index contributed by atoms with van der Waals surface area (Å²) in [6, 6.07) is 8.09. The molecule has 2 aromatic rings. The summed E-state index contributed by atoms with van der Waals surface area (Å²) >= 11 is 1.28. The number of amides is 1. The lowest BCUT2D eigenvalue weighted by atomic mass is 10.1. The Morgan fingerprint density at radius 2 is 1.92 bits per heavy atom. The van der Waals surface area contributed by atoms with E-state index in [0.29, 0.717) is 18.2 Å². The van der Waals surface area contributed by atoms with E-state index in [1.165, 1.54) is 11.8 Å². The van der Waals surface area contributed by atoms with Gasteiger partial charge in [0, 0.05) is 12.2 Å². The number of aryl methyl sites for hydroxylation is 4. The molecule has 0 spiro atoms. The van der Waals surface area contributed by atoms with Crippen molar-refractivity contribution in [2.45, 2.75) is 39.3 Å². The first kappa shape index (κ1) is 18.1. The molecule has 126 valence electrons. The fourth-order valence-electron chi connectivity index (χ4n) is 2.37. The topological polar surface area (TPSA) is 70.1 Å². The molecule has 0 atom stereocenters. The Kier molecular flexibility index (Phi) is 6.04. The molecule has 0 N–H and O–H groups in total. The lowest BCUT2D eigenvalue weighted by molar-refractivity contribution is -0.116. The minimum absolute atomic E-state index is 0.0613. The first-order chi connectivity index (χ1) is 11.4. The third-order valence-corrected chi connectivity index (χ3v) is 4.41. The van der Waals surface area contributed by atoms with Gasteiger partial charge in [0.2, 0.25) is 5.91 Å². The van der Waals surface area contributed by atoms with E-state index in [1.807, 2.05) is 39.8 Å². The summed E-state index contributed by atoms with van der Waals surface area (Å²) in [7, 11) is 0. The second-order valence-corrected chi connectivity index (χ2v) is 6.64. The number of aromatic nitrogens is 1. The van der Waals surface area contributed by atoms with Crippen LogP contribution in [0.25, 0.3) is 0 Å². The Morgan fingerprint density at radius 1 is 1.25 bits per heavy atom. The molecule has 1 amide bonds. The highest BCUT2D eigenvalue weighted by molar-refractivity contribution is 7.99. The van der Waals surface area contributed by atoms with E-state index in [2.05, 4.69) is 17.1 Å². The van der Waals surface area contributed by atoms with Crippen LogP contribution in [0.2, 0.25) is 0 Å². The second kappa shape index (κ2) is 8.02. The van der Waals surface area contributed by atoms with Gasteiger partial charge < -0.3 is 9.32 Å². The van der Waals surface area contributed by atoms with Crippen LogP contribution in [0, 0.1) is 39.0 Å². The van der Waals surface area contributed by atoms with Crippen LogP contribution in [0.4, 0.5) is 5.69 Å². The molecular weight excluding hydrogens is 322 g/mol. The van der Waals surface area contributed by atoms with Crippen molar-refractivity contribution in [3.63, 3.8) is 0 Å². The van der Waals surface area contributed by atoms with E-state index in [9.17, 15) is 4.79 Å². The van der Waals surface area contributed by atoms with E-state index in [0.717, 1.165) is 28.3 Å². The number of thioether (sulfide) groups is 1. The molecule has 2 rings (SSSR count). The number of hydrogen-bond acceptors (Lipinski definition) is 5. The minimum atomic E-state index is -0.0613. The van der Waals surface area contributed by atoms with Gasteiger partial charge in [0.1, 0.15) is 5.76 Å².